The maximum atomic E-state index is 11.7. The van der Waals surface area contributed by atoms with Gasteiger partial charge in [0.2, 0.25) is 6.29 Å². The average Bonchev–Trinajstić information content (AvgIpc) is 2.76. The highest BCUT2D eigenvalue weighted by Crippen LogP contribution is 2.24. The van der Waals surface area contributed by atoms with Gasteiger partial charge in [-0.25, -0.2) is 0 Å². The standard InChI is InChI=1S/C20H26N2O7/c1-11(10-23)16(24)17(25)18(26)20(28)29-15-5-3-12(4-6-15)13-7-14(9-22-8-13)19(27)21-2/h3-9,11,16-18,20,23-26,28H,10H2,1-2H3,(H,21,27). The SMILES string of the molecule is CNC(=O)c1cncc(-c2ccc(OC(O)C(O)C(O)C(O)C(C)CO)cc2)c1. The summed E-state index contributed by atoms with van der Waals surface area (Å²) in [7, 11) is 1.53. The second-order valence-corrected chi connectivity index (χ2v) is 6.71. The fourth-order valence-corrected chi connectivity index (χ4v) is 2.62. The summed E-state index contributed by atoms with van der Waals surface area (Å²) >= 11 is 0. The molecule has 0 bridgehead atoms. The first-order valence-electron chi connectivity index (χ1n) is 9.05. The first kappa shape index (κ1) is 22.7. The van der Waals surface area contributed by atoms with Gasteiger partial charge in [0.15, 0.2) is 0 Å². The van der Waals surface area contributed by atoms with E-state index in [4.69, 9.17) is 9.84 Å². The summed E-state index contributed by atoms with van der Waals surface area (Å²) in [5.74, 6) is -0.731. The van der Waals surface area contributed by atoms with E-state index in [1.165, 1.54) is 32.3 Å². The molecular weight excluding hydrogens is 380 g/mol. The summed E-state index contributed by atoms with van der Waals surface area (Å²) in [4.78, 5) is 15.8. The van der Waals surface area contributed by atoms with E-state index < -0.39 is 30.5 Å². The number of amides is 1. The lowest BCUT2D eigenvalue weighted by Gasteiger charge is -2.29. The lowest BCUT2D eigenvalue weighted by atomic mass is 9.97. The summed E-state index contributed by atoms with van der Waals surface area (Å²) in [5, 5.41) is 51.3. The van der Waals surface area contributed by atoms with Crippen LogP contribution in [0.4, 0.5) is 0 Å². The van der Waals surface area contributed by atoms with E-state index in [0.29, 0.717) is 11.1 Å². The number of rotatable bonds is 9. The van der Waals surface area contributed by atoms with E-state index in [1.54, 1.807) is 24.4 Å². The summed E-state index contributed by atoms with van der Waals surface area (Å²) in [6.07, 6.45) is -3.67. The highest BCUT2D eigenvalue weighted by Gasteiger charge is 2.34. The Bertz CT molecular complexity index is 800. The van der Waals surface area contributed by atoms with Gasteiger partial charge in [-0.2, -0.15) is 0 Å². The number of carbonyl (C=O) groups is 1. The van der Waals surface area contributed by atoms with Crippen LogP contribution in [0, 0.1) is 5.92 Å². The minimum Gasteiger partial charge on any atom is -0.462 e. The van der Waals surface area contributed by atoms with E-state index in [1.807, 2.05) is 0 Å². The second kappa shape index (κ2) is 10.3. The van der Waals surface area contributed by atoms with Crippen LogP contribution >= 0.6 is 0 Å². The van der Waals surface area contributed by atoms with Crippen molar-refractivity contribution in [3.05, 3.63) is 48.3 Å². The van der Waals surface area contributed by atoms with Crippen molar-refractivity contribution in [1.29, 1.82) is 0 Å². The van der Waals surface area contributed by atoms with Crippen LogP contribution in [0.1, 0.15) is 17.3 Å². The largest absolute Gasteiger partial charge is 0.462 e. The van der Waals surface area contributed by atoms with E-state index in [2.05, 4.69) is 10.3 Å². The number of aliphatic hydroxyl groups excluding tert-OH is 5. The molecule has 0 fully saturated rings. The van der Waals surface area contributed by atoms with Crippen LogP contribution in [-0.4, -0.2) is 74.7 Å². The topological polar surface area (TPSA) is 152 Å². The van der Waals surface area contributed by atoms with Crippen molar-refractivity contribution in [2.75, 3.05) is 13.7 Å². The Morgan fingerprint density at radius 2 is 1.69 bits per heavy atom. The van der Waals surface area contributed by atoms with Crippen LogP contribution < -0.4 is 10.1 Å². The van der Waals surface area contributed by atoms with Gasteiger partial charge in [0.25, 0.3) is 5.91 Å². The molecule has 1 aromatic heterocycles. The number of pyridine rings is 1. The Morgan fingerprint density at radius 3 is 2.28 bits per heavy atom. The first-order valence-corrected chi connectivity index (χ1v) is 9.05. The van der Waals surface area contributed by atoms with Crippen molar-refractivity contribution < 1.29 is 35.1 Å². The van der Waals surface area contributed by atoms with Crippen molar-refractivity contribution in [1.82, 2.24) is 10.3 Å². The molecule has 1 aromatic carbocycles. The van der Waals surface area contributed by atoms with Crippen LogP contribution in [0.5, 0.6) is 5.75 Å². The van der Waals surface area contributed by atoms with Crippen molar-refractivity contribution in [3.8, 4) is 16.9 Å². The zero-order chi connectivity index (χ0) is 21.6. The number of ether oxygens (including phenoxy) is 1. The Morgan fingerprint density at radius 1 is 1.03 bits per heavy atom. The van der Waals surface area contributed by atoms with Crippen LogP contribution in [0.2, 0.25) is 0 Å². The molecule has 6 N–H and O–H groups in total. The van der Waals surface area contributed by atoms with Gasteiger partial charge >= 0.3 is 0 Å². The number of hydrogen-bond acceptors (Lipinski definition) is 8. The third-order valence-corrected chi connectivity index (χ3v) is 4.53. The molecule has 0 saturated carbocycles. The molecule has 1 amide bonds. The van der Waals surface area contributed by atoms with Crippen LogP contribution in [-0.2, 0) is 0 Å². The fourth-order valence-electron chi connectivity index (χ4n) is 2.62. The van der Waals surface area contributed by atoms with Crippen LogP contribution in [0.15, 0.2) is 42.7 Å². The fraction of sp³-hybridized carbons (Fsp3) is 0.400. The minimum absolute atomic E-state index is 0.215. The number of aromatic nitrogens is 1. The van der Waals surface area contributed by atoms with Crippen molar-refractivity contribution in [2.24, 2.45) is 5.92 Å². The summed E-state index contributed by atoms with van der Waals surface area (Å²) in [5.41, 5.74) is 1.86. The monoisotopic (exact) mass is 406 g/mol. The number of carbonyl (C=O) groups excluding carboxylic acids is 1. The molecule has 5 atom stereocenters. The molecule has 158 valence electrons. The summed E-state index contributed by atoms with van der Waals surface area (Å²) in [6, 6.07) is 8.12. The van der Waals surface area contributed by atoms with Crippen molar-refractivity contribution >= 4 is 5.91 Å². The lowest BCUT2D eigenvalue weighted by Crippen LogP contribution is -2.49. The number of benzene rings is 1. The molecule has 5 unspecified atom stereocenters. The normalized spacial score (nSPS) is 16.4. The highest BCUT2D eigenvalue weighted by molar-refractivity contribution is 5.94. The minimum atomic E-state index is -1.80. The summed E-state index contributed by atoms with van der Waals surface area (Å²) in [6.45, 7) is 1.10. The number of nitrogens with one attached hydrogen (secondary N) is 1. The van der Waals surface area contributed by atoms with E-state index >= 15 is 0 Å². The first-order chi connectivity index (χ1) is 13.8. The molecule has 1 heterocycles. The maximum Gasteiger partial charge on any atom is 0.252 e. The van der Waals surface area contributed by atoms with Gasteiger partial charge in [-0.15, -0.1) is 0 Å². The summed E-state index contributed by atoms with van der Waals surface area (Å²) < 4.78 is 5.22. The van der Waals surface area contributed by atoms with Gasteiger partial charge in [0.1, 0.15) is 18.0 Å². The molecule has 29 heavy (non-hydrogen) atoms. The molecule has 0 saturated heterocycles. The average molecular weight is 406 g/mol. The molecule has 0 aliphatic heterocycles. The van der Waals surface area contributed by atoms with Gasteiger partial charge < -0.3 is 35.6 Å². The Hall–Kier alpha value is -2.56. The van der Waals surface area contributed by atoms with E-state index in [0.717, 1.165) is 5.56 Å². The molecule has 0 aliphatic rings. The highest BCUT2D eigenvalue weighted by atomic mass is 16.6. The lowest BCUT2D eigenvalue weighted by molar-refractivity contribution is -0.172. The van der Waals surface area contributed by atoms with Gasteiger partial charge in [0.05, 0.1) is 11.7 Å². The van der Waals surface area contributed by atoms with Crippen molar-refractivity contribution in [2.45, 2.75) is 31.5 Å². The third-order valence-electron chi connectivity index (χ3n) is 4.53. The van der Waals surface area contributed by atoms with Gasteiger partial charge in [-0.1, -0.05) is 19.1 Å². The second-order valence-electron chi connectivity index (χ2n) is 6.71. The molecular formula is C20H26N2O7. The number of aliphatic hydroxyl groups is 5. The maximum absolute atomic E-state index is 11.7. The molecule has 9 nitrogen and oxygen atoms in total. The quantitative estimate of drug-likeness (QED) is 0.305. The number of hydrogen-bond donors (Lipinski definition) is 6. The predicted molar refractivity (Wildman–Crippen MR) is 104 cm³/mol. The molecule has 9 heteroatoms. The third kappa shape index (κ3) is 5.72. The number of nitrogens with zero attached hydrogens (tertiary/aromatic N) is 1. The Balaban J connectivity index is 2.06. The van der Waals surface area contributed by atoms with Gasteiger partial charge in [0, 0.05) is 37.5 Å². The zero-order valence-corrected chi connectivity index (χ0v) is 16.1. The smallest absolute Gasteiger partial charge is 0.252 e. The van der Waals surface area contributed by atoms with E-state index in [-0.39, 0.29) is 18.3 Å². The molecule has 2 rings (SSSR count). The predicted octanol–water partition coefficient (Wildman–Crippen LogP) is -0.484. The molecule has 2 aromatic rings. The van der Waals surface area contributed by atoms with Gasteiger partial charge in [-0.05, 0) is 23.8 Å². The van der Waals surface area contributed by atoms with Gasteiger partial charge in [-0.3, -0.25) is 9.78 Å². The Kier molecular flexibility index (Phi) is 8.06. The molecule has 0 radical (unpaired) electrons. The van der Waals surface area contributed by atoms with Crippen molar-refractivity contribution in [3.63, 3.8) is 0 Å². The zero-order valence-electron chi connectivity index (χ0n) is 16.1. The van der Waals surface area contributed by atoms with Crippen LogP contribution in [0.3, 0.4) is 0 Å². The molecule has 0 spiro atoms. The van der Waals surface area contributed by atoms with E-state index in [9.17, 15) is 25.2 Å². The molecule has 0 aliphatic carbocycles. The Labute approximate surface area is 168 Å². The van der Waals surface area contributed by atoms with Crippen LogP contribution in [0.25, 0.3) is 11.1 Å².